The average molecular weight is 189 g/mol. The van der Waals surface area contributed by atoms with Crippen molar-refractivity contribution in [1.82, 2.24) is 20.6 Å². The second-order valence-electron chi connectivity index (χ2n) is 2.42. The molecule has 0 bridgehead atoms. The standard InChI is InChI=1S/C8H5N5.H2O/c9-5-6-1-3-7(4-2-6)8-10-12-13-11-8;/h1-4H,(H,10,11,12,13);1H2. The van der Waals surface area contributed by atoms with Crippen LogP contribution in [0.15, 0.2) is 24.3 Å². The van der Waals surface area contributed by atoms with Crippen LogP contribution >= 0.6 is 0 Å². The lowest BCUT2D eigenvalue weighted by Crippen LogP contribution is -1.81. The Morgan fingerprint density at radius 1 is 1.21 bits per heavy atom. The molecule has 0 aliphatic heterocycles. The third-order valence-corrected chi connectivity index (χ3v) is 1.62. The van der Waals surface area contributed by atoms with Gasteiger partial charge >= 0.3 is 0 Å². The van der Waals surface area contributed by atoms with Crippen LogP contribution in [0.3, 0.4) is 0 Å². The van der Waals surface area contributed by atoms with E-state index >= 15 is 0 Å². The van der Waals surface area contributed by atoms with Gasteiger partial charge in [0, 0.05) is 5.56 Å². The van der Waals surface area contributed by atoms with Crippen LogP contribution in [-0.2, 0) is 0 Å². The Balaban J connectivity index is 0.000000980. The number of benzene rings is 1. The molecule has 0 atom stereocenters. The first-order chi connectivity index (χ1) is 6.40. The van der Waals surface area contributed by atoms with E-state index in [9.17, 15) is 0 Å². The first kappa shape index (κ1) is 9.83. The van der Waals surface area contributed by atoms with E-state index in [4.69, 9.17) is 5.26 Å². The van der Waals surface area contributed by atoms with Gasteiger partial charge in [0.25, 0.3) is 0 Å². The Bertz CT molecular complexity index is 428. The number of nitrogens with zero attached hydrogens (tertiary/aromatic N) is 4. The number of nitriles is 1. The van der Waals surface area contributed by atoms with E-state index in [1.165, 1.54) is 0 Å². The predicted molar refractivity (Wildman–Crippen MR) is 47.9 cm³/mol. The van der Waals surface area contributed by atoms with E-state index in [-0.39, 0.29) is 5.48 Å². The molecule has 1 aromatic heterocycles. The third kappa shape index (κ3) is 1.73. The van der Waals surface area contributed by atoms with Crippen LogP contribution < -0.4 is 0 Å². The number of nitrogens with one attached hydrogen (secondary N) is 1. The zero-order chi connectivity index (χ0) is 9.10. The van der Waals surface area contributed by atoms with Crippen LogP contribution in [0.2, 0.25) is 0 Å². The van der Waals surface area contributed by atoms with Crippen molar-refractivity contribution in [2.24, 2.45) is 0 Å². The van der Waals surface area contributed by atoms with Crippen LogP contribution in [-0.4, -0.2) is 26.1 Å². The maximum absolute atomic E-state index is 8.56. The van der Waals surface area contributed by atoms with Crippen molar-refractivity contribution in [2.75, 3.05) is 0 Å². The monoisotopic (exact) mass is 189 g/mol. The highest BCUT2D eigenvalue weighted by atomic mass is 16.0. The van der Waals surface area contributed by atoms with Gasteiger partial charge in [0.15, 0.2) is 0 Å². The van der Waals surface area contributed by atoms with E-state index in [2.05, 4.69) is 20.6 Å². The average Bonchev–Trinajstić information content (AvgIpc) is 2.71. The largest absolute Gasteiger partial charge is 0.412 e. The molecule has 0 saturated heterocycles. The number of hydrogen-bond donors (Lipinski definition) is 1. The van der Waals surface area contributed by atoms with Crippen LogP contribution in [0.4, 0.5) is 0 Å². The molecule has 3 N–H and O–H groups in total. The summed E-state index contributed by atoms with van der Waals surface area (Å²) in [6, 6.07) is 9.03. The quantitative estimate of drug-likeness (QED) is 0.675. The number of aromatic amines is 1. The third-order valence-electron chi connectivity index (χ3n) is 1.62. The van der Waals surface area contributed by atoms with Gasteiger partial charge < -0.3 is 5.48 Å². The van der Waals surface area contributed by atoms with Crippen molar-refractivity contribution in [2.45, 2.75) is 0 Å². The van der Waals surface area contributed by atoms with Crippen molar-refractivity contribution in [3.05, 3.63) is 29.8 Å². The Morgan fingerprint density at radius 3 is 2.43 bits per heavy atom. The van der Waals surface area contributed by atoms with Crippen molar-refractivity contribution in [3.8, 4) is 17.5 Å². The van der Waals surface area contributed by atoms with Gasteiger partial charge in [0.2, 0.25) is 5.82 Å². The number of aromatic nitrogens is 4. The molecule has 0 amide bonds. The summed E-state index contributed by atoms with van der Waals surface area (Å²) in [6.07, 6.45) is 0. The second kappa shape index (κ2) is 4.11. The SMILES string of the molecule is N#Cc1ccc(-c2nn[nH]n2)cc1.O. The zero-order valence-electron chi connectivity index (χ0n) is 7.10. The molecule has 70 valence electrons. The molecule has 0 fully saturated rings. The first-order valence-corrected chi connectivity index (χ1v) is 3.64. The number of tetrazole rings is 1. The molecule has 14 heavy (non-hydrogen) atoms. The summed E-state index contributed by atoms with van der Waals surface area (Å²) < 4.78 is 0. The first-order valence-electron chi connectivity index (χ1n) is 3.64. The molecule has 0 spiro atoms. The fourth-order valence-corrected chi connectivity index (χ4v) is 0.978. The molecule has 0 radical (unpaired) electrons. The molecule has 1 heterocycles. The Morgan fingerprint density at radius 2 is 1.93 bits per heavy atom. The number of H-pyrrole nitrogens is 1. The van der Waals surface area contributed by atoms with Gasteiger partial charge in [-0.05, 0) is 29.5 Å². The lowest BCUT2D eigenvalue weighted by molar-refractivity contribution is 0.824. The molecule has 6 nitrogen and oxygen atoms in total. The lowest BCUT2D eigenvalue weighted by atomic mass is 10.1. The van der Waals surface area contributed by atoms with Crippen molar-refractivity contribution in [1.29, 1.82) is 5.26 Å². The molecule has 0 saturated carbocycles. The molecular formula is C8H7N5O. The summed E-state index contributed by atoms with van der Waals surface area (Å²) in [4.78, 5) is 0. The second-order valence-corrected chi connectivity index (χ2v) is 2.42. The maximum Gasteiger partial charge on any atom is 0.204 e. The molecule has 1 aromatic carbocycles. The smallest absolute Gasteiger partial charge is 0.204 e. The van der Waals surface area contributed by atoms with Crippen LogP contribution in [0.25, 0.3) is 11.4 Å². The van der Waals surface area contributed by atoms with Gasteiger partial charge in [-0.2, -0.15) is 10.5 Å². The molecule has 6 heteroatoms. The van der Waals surface area contributed by atoms with Gasteiger partial charge in [-0.15, -0.1) is 10.2 Å². The summed E-state index contributed by atoms with van der Waals surface area (Å²) in [5.41, 5.74) is 1.46. The van der Waals surface area contributed by atoms with Gasteiger partial charge in [0.05, 0.1) is 11.6 Å². The van der Waals surface area contributed by atoms with Crippen LogP contribution in [0.5, 0.6) is 0 Å². The Labute approximate surface area is 79.5 Å². The molecule has 0 aliphatic rings. The highest BCUT2D eigenvalue weighted by Crippen LogP contribution is 2.12. The Hall–Kier alpha value is -2.26. The van der Waals surface area contributed by atoms with Gasteiger partial charge in [-0.3, -0.25) is 0 Å². The summed E-state index contributed by atoms with van der Waals surface area (Å²) in [5.74, 6) is 0.532. The highest BCUT2D eigenvalue weighted by molar-refractivity contribution is 5.55. The van der Waals surface area contributed by atoms with E-state index in [0.29, 0.717) is 11.4 Å². The fraction of sp³-hybridized carbons (Fsp3) is 0. The summed E-state index contributed by atoms with van der Waals surface area (Å²) in [7, 11) is 0. The van der Waals surface area contributed by atoms with Crippen molar-refractivity contribution < 1.29 is 5.48 Å². The van der Waals surface area contributed by atoms with Crippen LogP contribution in [0.1, 0.15) is 5.56 Å². The van der Waals surface area contributed by atoms with Crippen molar-refractivity contribution in [3.63, 3.8) is 0 Å². The minimum Gasteiger partial charge on any atom is -0.412 e. The van der Waals surface area contributed by atoms with Gasteiger partial charge in [-0.25, -0.2) is 0 Å². The summed E-state index contributed by atoms with van der Waals surface area (Å²) in [6.45, 7) is 0. The minimum absolute atomic E-state index is 0. The molecule has 2 aromatic rings. The molecular weight excluding hydrogens is 182 g/mol. The molecule has 0 aliphatic carbocycles. The topological polar surface area (TPSA) is 110 Å². The molecule has 2 rings (SSSR count). The van der Waals surface area contributed by atoms with E-state index in [1.807, 2.05) is 6.07 Å². The molecule has 0 unspecified atom stereocenters. The normalized spacial score (nSPS) is 8.79. The van der Waals surface area contributed by atoms with Crippen LogP contribution in [0, 0.1) is 11.3 Å². The van der Waals surface area contributed by atoms with Crippen molar-refractivity contribution >= 4 is 0 Å². The summed E-state index contributed by atoms with van der Waals surface area (Å²) >= 11 is 0. The highest BCUT2D eigenvalue weighted by Gasteiger charge is 2.01. The van der Waals surface area contributed by atoms with E-state index in [0.717, 1.165) is 5.56 Å². The van der Waals surface area contributed by atoms with E-state index in [1.54, 1.807) is 24.3 Å². The number of hydrogen-bond acceptors (Lipinski definition) is 4. The zero-order valence-corrected chi connectivity index (χ0v) is 7.10. The predicted octanol–water partition coefficient (Wildman–Crippen LogP) is -0.0863. The minimum atomic E-state index is 0. The summed E-state index contributed by atoms with van der Waals surface area (Å²) in [5, 5.41) is 22.0. The maximum atomic E-state index is 8.56. The number of rotatable bonds is 1. The van der Waals surface area contributed by atoms with Gasteiger partial charge in [-0.1, -0.05) is 0 Å². The fourth-order valence-electron chi connectivity index (χ4n) is 0.978. The lowest BCUT2D eigenvalue weighted by Gasteiger charge is -1.92. The van der Waals surface area contributed by atoms with E-state index < -0.39 is 0 Å². The Kier molecular flexibility index (Phi) is 2.89. The van der Waals surface area contributed by atoms with Gasteiger partial charge in [0.1, 0.15) is 0 Å².